The van der Waals surface area contributed by atoms with Crippen molar-refractivity contribution in [1.82, 2.24) is 24.6 Å². The maximum absolute atomic E-state index is 14.0. The molecule has 0 unspecified atom stereocenters. The minimum atomic E-state index is -0.679. The van der Waals surface area contributed by atoms with Crippen molar-refractivity contribution in [3.8, 4) is 28.8 Å². The van der Waals surface area contributed by atoms with E-state index < -0.39 is 11.6 Å². The first-order chi connectivity index (χ1) is 19.2. The average molecular weight is 544 g/mol. The van der Waals surface area contributed by atoms with Gasteiger partial charge in [0.15, 0.2) is 17.2 Å². The molecule has 1 atom stereocenters. The Labute approximate surface area is 229 Å². The van der Waals surface area contributed by atoms with Gasteiger partial charge in [-0.1, -0.05) is 19.9 Å². The number of anilines is 1. The Kier molecular flexibility index (Phi) is 7.42. The standard InChI is InChI=1S/C29H27F2N7O2/c1-17(2)12-19(14-32)29(39)37-11-3-4-21(37)15-38-28-25(27(33)34-16-35-28)26(36-38)18-5-8-22(9-6-18)40-24-13-20(30)7-10-23(24)31/h5-10,12-13,16-17,21H,3-4,11,15H2,1-2H3,(H2,33,34,35)/t21-/m0/s1. The Morgan fingerprint density at radius 2 is 2.00 bits per heavy atom. The number of likely N-dealkylation sites (tertiary alicyclic amines) is 1. The molecule has 0 saturated carbocycles. The number of nitriles is 1. The van der Waals surface area contributed by atoms with E-state index >= 15 is 0 Å². The van der Waals surface area contributed by atoms with Crippen LogP contribution in [0.2, 0.25) is 0 Å². The van der Waals surface area contributed by atoms with E-state index in [2.05, 4.69) is 9.97 Å². The van der Waals surface area contributed by atoms with Gasteiger partial charge in [0.05, 0.1) is 18.0 Å². The molecule has 0 spiro atoms. The third kappa shape index (κ3) is 5.33. The van der Waals surface area contributed by atoms with Crippen molar-refractivity contribution >= 4 is 22.8 Å². The fraction of sp³-hybridized carbons (Fsp3) is 0.276. The van der Waals surface area contributed by atoms with Crippen molar-refractivity contribution in [2.75, 3.05) is 12.3 Å². The molecular weight excluding hydrogens is 516 g/mol. The number of hydrogen-bond acceptors (Lipinski definition) is 7. The van der Waals surface area contributed by atoms with E-state index in [-0.39, 0.29) is 35.0 Å². The SMILES string of the molecule is CC(C)C=C(C#N)C(=O)N1CCC[C@H]1Cn1nc(-c2ccc(Oc3cc(F)ccc3F)cc2)c2c(N)ncnc21. The minimum absolute atomic E-state index is 0.0709. The average Bonchev–Trinajstić information content (AvgIpc) is 3.55. The van der Waals surface area contributed by atoms with Crippen LogP contribution in [0.1, 0.15) is 26.7 Å². The molecule has 204 valence electrons. The van der Waals surface area contributed by atoms with Gasteiger partial charge >= 0.3 is 0 Å². The molecule has 1 aliphatic heterocycles. The Morgan fingerprint density at radius 3 is 2.73 bits per heavy atom. The molecule has 1 aliphatic rings. The highest BCUT2D eigenvalue weighted by molar-refractivity contribution is 5.99. The Morgan fingerprint density at radius 1 is 1.23 bits per heavy atom. The van der Waals surface area contributed by atoms with Gasteiger partial charge in [-0.05, 0) is 55.2 Å². The molecule has 2 aromatic carbocycles. The second-order valence-electron chi connectivity index (χ2n) is 9.92. The number of hydrogen-bond donors (Lipinski definition) is 1. The maximum Gasteiger partial charge on any atom is 0.264 e. The predicted octanol–water partition coefficient (Wildman–Crippen LogP) is 5.24. The largest absolute Gasteiger partial charge is 0.454 e. The first kappa shape index (κ1) is 26.7. The third-order valence-corrected chi connectivity index (χ3v) is 6.68. The molecule has 4 aromatic rings. The lowest BCUT2D eigenvalue weighted by Gasteiger charge is -2.24. The van der Waals surface area contributed by atoms with Gasteiger partial charge in [-0.25, -0.2) is 23.4 Å². The second-order valence-corrected chi connectivity index (χ2v) is 9.92. The van der Waals surface area contributed by atoms with Crippen LogP contribution in [0.3, 0.4) is 0 Å². The summed E-state index contributed by atoms with van der Waals surface area (Å²) in [6.07, 6.45) is 4.61. The lowest BCUT2D eigenvalue weighted by atomic mass is 10.1. The number of halogens is 2. The number of allylic oxidation sites excluding steroid dienone is 1. The number of carbonyl (C=O) groups is 1. The van der Waals surface area contributed by atoms with Crippen LogP contribution in [0, 0.1) is 28.9 Å². The molecular formula is C29H27F2N7O2. The summed E-state index contributed by atoms with van der Waals surface area (Å²) in [5, 5.41) is 14.9. The summed E-state index contributed by atoms with van der Waals surface area (Å²) in [6, 6.07) is 11.6. The van der Waals surface area contributed by atoms with Crippen molar-refractivity contribution in [3.05, 3.63) is 72.1 Å². The highest BCUT2D eigenvalue weighted by Crippen LogP contribution is 2.33. The smallest absolute Gasteiger partial charge is 0.264 e. The van der Waals surface area contributed by atoms with Gasteiger partial charge in [0.25, 0.3) is 5.91 Å². The fourth-order valence-electron chi connectivity index (χ4n) is 4.86. The zero-order valence-electron chi connectivity index (χ0n) is 22.0. The summed E-state index contributed by atoms with van der Waals surface area (Å²) >= 11 is 0. The molecule has 0 aliphatic carbocycles. The molecule has 2 aromatic heterocycles. The predicted molar refractivity (Wildman–Crippen MR) is 145 cm³/mol. The Hall–Kier alpha value is -4.85. The van der Waals surface area contributed by atoms with Crippen LogP contribution in [0.15, 0.2) is 60.4 Å². The van der Waals surface area contributed by atoms with Crippen molar-refractivity contribution in [3.63, 3.8) is 0 Å². The molecule has 1 amide bonds. The van der Waals surface area contributed by atoms with Crippen LogP contribution in [-0.4, -0.2) is 43.1 Å². The van der Waals surface area contributed by atoms with E-state index in [1.165, 1.54) is 6.33 Å². The van der Waals surface area contributed by atoms with Crippen LogP contribution < -0.4 is 10.5 Å². The molecule has 40 heavy (non-hydrogen) atoms. The summed E-state index contributed by atoms with van der Waals surface area (Å²) < 4.78 is 34.8. The number of nitrogen functional groups attached to an aromatic ring is 1. The molecule has 0 bridgehead atoms. The van der Waals surface area contributed by atoms with Crippen molar-refractivity contribution in [2.45, 2.75) is 39.3 Å². The molecule has 9 nitrogen and oxygen atoms in total. The van der Waals surface area contributed by atoms with Crippen molar-refractivity contribution in [2.24, 2.45) is 5.92 Å². The number of amides is 1. The first-order valence-electron chi connectivity index (χ1n) is 12.9. The highest BCUT2D eigenvalue weighted by Gasteiger charge is 2.32. The third-order valence-electron chi connectivity index (χ3n) is 6.68. The van der Waals surface area contributed by atoms with Crippen LogP contribution in [0.4, 0.5) is 14.6 Å². The summed E-state index contributed by atoms with van der Waals surface area (Å²) in [5.41, 5.74) is 8.11. The molecule has 3 heterocycles. The van der Waals surface area contributed by atoms with Gasteiger partial charge in [0, 0.05) is 18.2 Å². The zero-order chi connectivity index (χ0) is 28.4. The summed E-state index contributed by atoms with van der Waals surface area (Å²) in [7, 11) is 0. The number of ether oxygens (including phenoxy) is 1. The van der Waals surface area contributed by atoms with E-state index in [1.54, 1.807) is 39.9 Å². The number of nitrogens with zero attached hydrogens (tertiary/aromatic N) is 6. The van der Waals surface area contributed by atoms with E-state index in [9.17, 15) is 18.8 Å². The van der Waals surface area contributed by atoms with Crippen LogP contribution in [0.25, 0.3) is 22.3 Å². The van der Waals surface area contributed by atoms with Gasteiger partial charge in [-0.2, -0.15) is 10.4 Å². The maximum atomic E-state index is 14.0. The van der Waals surface area contributed by atoms with Gasteiger partial charge in [0.2, 0.25) is 0 Å². The van der Waals surface area contributed by atoms with E-state index in [0.29, 0.717) is 41.1 Å². The Bertz CT molecular complexity index is 1640. The zero-order valence-corrected chi connectivity index (χ0v) is 22.0. The number of carbonyl (C=O) groups excluding carboxylic acids is 1. The second kappa shape index (κ2) is 11.1. The van der Waals surface area contributed by atoms with E-state index in [1.807, 2.05) is 19.9 Å². The van der Waals surface area contributed by atoms with Crippen LogP contribution >= 0.6 is 0 Å². The van der Waals surface area contributed by atoms with Crippen LogP contribution in [-0.2, 0) is 11.3 Å². The molecule has 2 N–H and O–H groups in total. The lowest BCUT2D eigenvalue weighted by molar-refractivity contribution is -0.127. The topological polar surface area (TPSA) is 123 Å². The van der Waals surface area contributed by atoms with Crippen molar-refractivity contribution < 1.29 is 18.3 Å². The molecule has 1 fully saturated rings. The van der Waals surface area contributed by atoms with Gasteiger partial charge in [-0.15, -0.1) is 0 Å². The first-order valence-corrected chi connectivity index (χ1v) is 12.9. The molecule has 0 radical (unpaired) electrons. The highest BCUT2D eigenvalue weighted by atomic mass is 19.1. The normalized spacial score (nSPS) is 15.6. The van der Waals surface area contributed by atoms with Crippen molar-refractivity contribution in [1.29, 1.82) is 5.26 Å². The monoisotopic (exact) mass is 543 g/mol. The van der Waals surface area contributed by atoms with Gasteiger partial charge in [-0.3, -0.25) is 4.79 Å². The summed E-state index contributed by atoms with van der Waals surface area (Å²) in [5.74, 6) is -1.16. The van der Waals surface area contributed by atoms with E-state index in [0.717, 1.165) is 31.0 Å². The van der Waals surface area contributed by atoms with Gasteiger partial charge < -0.3 is 15.4 Å². The number of rotatable bonds is 7. The fourth-order valence-corrected chi connectivity index (χ4v) is 4.86. The molecule has 1 saturated heterocycles. The summed E-state index contributed by atoms with van der Waals surface area (Å²) in [4.78, 5) is 23.5. The molecule has 11 heteroatoms. The van der Waals surface area contributed by atoms with E-state index in [4.69, 9.17) is 15.6 Å². The number of aromatic nitrogens is 4. The van der Waals surface area contributed by atoms with Gasteiger partial charge in [0.1, 0.15) is 41.0 Å². The Balaban J connectivity index is 1.44. The number of nitrogens with two attached hydrogens (primary N) is 1. The lowest BCUT2D eigenvalue weighted by Crippen LogP contribution is -2.39. The van der Waals surface area contributed by atoms with Crippen LogP contribution in [0.5, 0.6) is 11.5 Å². The number of benzene rings is 2. The molecule has 5 rings (SSSR count). The summed E-state index contributed by atoms with van der Waals surface area (Å²) in [6.45, 7) is 4.76. The quantitative estimate of drug-likeness (QED) is 0.250. The minimum Gasteiger partial charge on any atom is -0.454 e. The number of fused-ring (bicyclic) bond motifs is 1.